The second-order valence-corrected chi connectivity index (χ2v) is 3.11. The maximum absolute atomic E-state index is 12.5. The second kappa shape index (κ2) is 2.80. The Bertz CT molecular complexity index is 258. The molecule has 0 heterocycles. The van der Waals surface area contributed by atoms with Crippen molar-refractivity contribution in [2.75, 3.05) is 0 Å². The van der Waals surface area contributed by atoms with E-state index in [0.717, 1.165) is 0 Å². The average molecular weight is 225 g/mol. The first-order chi connectivity index (χ1) is 5.71. The summed E-state index contributed by atoms with van der Waals surface area (Å²) in [6.45, 7) is 0. The highest BCUT2D eigenvalue weighted by Gasteiger charge is 2.67. The molecule has 0 radical (unpaired) electrons. The fourth-order valence-corrected chi connectivity index (χ4v) is 1.16. The van der Waals surface area contributed by atoms with Gasteiger partial charge in [-0.15, -0.1) is 11.6 Å². The van der Waals surface area contributed by atoms with E-state index in [1.165, 1.54) is 0 Å². The van der Waals surface area contributed by atoms with Crippen LogP contribution in [0.2, 0.25) is 0 Å². The van der Waals surface area contributed by atoms with E-state index < -0.39 is 35.3 Å². The zero-order valence-corrected chi connectivity index (χ0v) is 6.69. The van der Waals surface area contributed by atoms with Gasteiger partial charge in [-0.05, 0) is 0 Å². The van der Waals surface area contributed by atoms with Crippen LogP contribution in [0.3, 0.4) is 0 Å². The second-order valence-electron chi connectivity index (χ2n) is 2.59. The van der Waals surface area contributed by atoms with Crippen molar-refractivity contribution in [3.8, 4) is 0 Å². The first kappa shape index (κ1) is 10.7. The molecule has 1 aliphatic rings. The van der Waals surface area contributed by atoms with Crippen LogP contribution in [0.4, 0.5) is 26.3 Å². The predicted octanol–water partition coefficient (Wildman–Crippen LogP) is 3.42. The van der Waals surface area contributed by atoms with E-state index in [4.69, 9.17) is 11.6 Å². The summed E-state index contributed by atoms with van der Waals surface area (Å²) in [5, 5.41) is -2.43. The first-order valence-corrected chi connectivity index (χ1v) is 3.59. The van der Waals surface area contributed by atoms with Crippen LogP contribution in [0.25, 0.3) is 0 Å². The summed E-state index contributed by atoms with van der Waals surface area (Å²) in [6, 6.07) is 0. The third-order valence-electron chi connectivity index (χ3n) is 1.68. The van der Waals surface area contributed by atoms with Crippen LogP contribution in [-0.4, -0.2) is 17.2 Å². The van der Waals surface area contributed by atoms with Crippen molar-refractivity contribution in [1.29, 1.82) is 0 Å². The minimum absolute atomic E-state index is 1.23. The smallest absolute Gasteiger partial charge is 0.209 e. The summed E-state index contributed by atoms with van der Waals surface area (Å²) in [5.74, 6) is -14.6. The molecule has 1 rings (SSSR count). The molecule has 1 atom stereocenters. The summed E-state index contributed by atoms with van der Waals surface area (Å²) in [6.07, 6.45) is -1.23. The van der Waals surface area contributed by atoms with Crippen LogP contribution in [0.15, 0.2) is 11.7 Å². The Kier molecular flexibility index (Phi) is 2.30. The van der Waals surface area contributed by atoms with Crippen LogP contribution < -0.4 is 0 Å². The third-order valence-corrected chi connectivity index (χ3v) is 2.11. The minimum atomic E-state index is -5.15. The van der Waals surface area contributed by atoms with E-state index in [1.54, 1.807) is 0 Å². The van der Waals surface area contributed by atoms with Crippen LogP contribution in [0, 0.1) is 0 Å². The van der Waals surface area contributed by atoms with Gasteiger partial charge in [0.25, 0.3) is 0 Å². The summed E-state index contributed by atoms with van der Waals surface area (Å²) in [4.78, 5) is 0. The molecular formula is C6H3ClF6. The van der Waals surface area contributed by atoms with Gasteiger partial charge in [0.2, 0.25) is 5.83 Å². The fraction of sp³-hybridized carbons (Fsp3) is 0.667. The molecule has 0 aliphatic heterocycles. The Morgan fingerprint density at radius 2 is 1.62 bits per heavy atom. The van der Waals surface area contributed by atoms with Gasteiger partial charge in [-0.3, -0.25) is 0 Å². The summed E-state index contributed by atoms with van der Waals surface area (Å²) < 4.78 is 74.2. The van der Waals surface area contributed by atoms with Gasteiger partial charge in [-0.25, -0.2) is 8.78 Å². The molecule has 0 nitrogen and oxygen atoms in total. The van der Waals surface area contributed by atoms with E-state index in [1.807, 2.05) is 0 Å². The van der Waals surface area contributed by atoms with Crippen molar-refractivity contribution in [2.45, 2.75) is 23.6 Å². The van der Waals surface area contributed by atoms with Gasteiger partial charge in [0.1, 0.15) is 11.2 Å². The lowest BCUT2D eigenvalue weighted by Gasteiger charge is -2.32. The largest absolute Gasteiger partial charge is 0.364 e. The molecule has 7 heteroatoms. The average Bonchev–Trinajstić information content (AvgIpc) is 2.00. The van der Waals surface area contributed by atoms with Gasteiger partial charge in [0, 0.05) is 6.42 Å². The Labute approximate surface area is 74.2 Å². The van der Waals surface area contributed by atoms with Gasteiger partial charge in [0.15, 0.2) is 0 Å². The van der Waals surface area contributed by atoms with Crippen molar-refractivity contribution in [3.63, 3.8) is 0 Å². The molecular weight excluding hydrogens is 222 g/mol. The maximum Gasteiger partial charge on any atom is 0.364 e. The molecule has 1 unspecified atom stereocenters. The molecule has 0 saturated heterocycles. The van der Waals surface area contributed by atoms with Crippen molar-refractivity contribution >= 4 is 11.6 Å². The zero-order chi connectivity index (χ0) is 10.4. The molecule has 0 fully saturated rings. The molecule has 1 aliphatic carbocycles. The van der Waals surface area contributed by atoms with Gasteiger partial charge in [-0.1, -0.05) is 0 Å². The first-order valence-electron chi connectivity index (χ1n) is 3.15. The quantitative estimate of drug-likeness (QED) is 0.437. The highest BCUT2D eigenvalue weighted by atomic mass is 35.5. The maximum atomic E-state index is 12.5. The van der Waals surface area contributed by atoms with E-state index in [9.17, 15) is 26.3 Å². The molecule has 76 valence electrons. The van der Waals surface area contributed by atoms with Crippen molar-refractivity contribution < 1.29 is 26.3 Å². The predicted molar refractivity (Wildman–Crippen MR) is 33.4 cm³/mol. The molecule has 0 aromatic heterocycles. The van der Waals surface area contributed by atoms with E-state index >= 15 is 0 Å². The minimum Gasteiger partial charge on any atom is -0.209 e. The molecule has 0 aromatic rings. The Hall–Kier alpha value is -0.390. The topological polar surface area (TPSA) is 0 Å². The Morgan fingerprint density at radius 3 is 2.08 bits per heavy atom. The Morgan fingerprint density at radius 1 is 1.15 bits per heavy atom. The standard InChI is InChI=1S/C6H3ClF6/c7-3-1-2(8)4(9)6(12,13)5(3,10)11/h3H,1H2. The molecule has 13 heavy (non-hydrogen) atoms. The molecule has 0 amide bonds. The monoisotopic (exact) mass is 224 g/mol. The van der Waals surface area contributed by atoms with Gasteiger partial charge >= 0.3 is 11.8 Å². The Balaban J connectivity index is 3.22. The molecule has 0 spiro atoms. The van der Waals surface area contributed by atoms with Crippen LogP contribution in [0.1, 0.15) is 6.42 Å². The number of halogens is 7. The van der Waals surface area contributed by atoms with Crippen LogP contribution in [0.5, 0.6) is 0 Å². The fourth-order valence-electron chi connectivity index (χ4n) is 0.889. The number of alkyl halides is 5. The molecule has 0 N–H and O–H groups in total. The van der Waals surface area contributed by atoms with E-state index in [0.29, 0.717) is 0 Å². The number of allylic oxidation sites excluding steroid dienone is 2. The lowest BCUT2D eigenvalue weighted by Crippen LogP contribution is -2.50. The molecule has 0 bridgehead atoms. The molecule has 0 saturated carbocycles. The number of hydrogen-bond donors (Lipinski definition) is 0. The lowest BCUT2D eigenvalue weighted by atomic mass is 9.97. The van der Waals surface area contributed by atoms with E-state index in [-0.39, 0.29) is 0 Å². The van der Waals surface area contributed by atoms with Crippen LogP contribution >= 0.6 is 11.6 Å². The summed E-state index contributed by atoms with van der Waals surface area (Å²) in [7, 11) is 0. The highest BCUT2D eigenvalue weighted by molar-refractivity contribution is 6.21. The van der Waals surface area contributed by atoms with E-state index in [2.05, 4.69) is 0 Å². The SMILES string of the molecule is FC1=C(F)C(F)(F)C(F)(F)C(Cl)C1. The van der Waals surface area contributed by atoms with Gasteiger partial charge in [-0.2, -0.15) is 17.6 Å². The normalized spacial score (nSPS) is 32.1. The van der Waals surface area contributed by atoms with Crippen molar-refractivity contribution in [1.82, 2.24) is 0 Å². The van der Waals surface area contributed by atoms with Crippen molar-refractivity contribution in [2.24, 2.45) is 0 Å². The third kappa shape index (κ3) is 1.31. The summed E-state index contributed by atoms with van der Waals surface area (Å²) >= 11 is 4.78. The number of rotatable bonds is 0. The number of hydrogen-bond acceptors (Lipinski definition) is 0. The van der Waals surface area contributed by atoms with Crippen molar-refractivity contribution in [3.05, 3.63) is 11.7 Å². The lowest BCUT2D eigenvalue weighted by molar-refractivity contribution is -0.203. The molecule has 0 aromatic carbocycles. The zero-order valence-electron chi connectivity index (χ0n) is 5.93. The van der Waals surface area contributed by atoms with Crippen LogP contribution in [-0.2, 0) is 0 Å². The van der Waals surface area contributed by atoms with Gasteiger partial charge in [0.05, 0.1) is 0 Å². The van der Waals surface area contributed by atoms with Gasteiger partial charge < -0.3 is 0 Å². The highest BCUT2D eigenvalue weighted by Crippen LogP contribution is 2.51. The summed E-state index contributed by atoms with van der Waals surface area (Å²) in [5.41, 5.74) is 0.